The molecule has 2 aliphatic heterocycles. The lowest BCUT2D eigenvalue weighted by Gasteiger charge is -2.28. The Morgan fingerprint density at radius 1 is 1.48 bits per heavy atom. The molecule has 114 valence electrons. The van der Waals surface area contributed by atoms with E-state index in [1.807, 2.05) is 6.07 Å². The molecule has 0 aromatic heterocycles. The predicted octanol–water partition coefficient (Wildman–Crippen LogP) is 2.04. The number of nitro groups is 1. The first kappa shape index (κ1) is 14.1. The zero-order valence-electron chi connectivity index (χ0n) is 12.4. The summed E-state index contributed by atoms with van der Waals surface area (Å²) in [6.07, 6.45) is 1.01. The van der Waals surface area contributed by atoms with Crippen molar-refractivity contribution in [3.05, 3.63) is 28.3 Å². The summed E-state index contributed by atoms with van der Waals surface area (Å²) in [5.41, 5.74) is 0.864. The molecule has 2 aliphatic rings. The second-order valence-corrected chi connectivity index (χ2v) is 5.82. The summed E-state index contributed by atoms with van der Waals surface area (Å²) in [4.78, 5) is 13.3. The van der Waals surface area contributed by atoms with Gasteiger partial charge in [0.05, 0.1) is 18.1 Å². The molecule has 2 saturated heterocycles. The summed E-state index contributed by atoms with van der Waals surface area (Å²) in [6, 6.07) is 5.53. The molecule has 0 bridgehead atoms. The minimum absolute atomic E-state index is 0.140. The molecule has 3 rings (SSSR count). The third kappa shape index (κ3) is 2.33. The van der Waals surface area contributed by atoms with Gasteiger partial charge in [0.25, 0.3) is 5.69 Å². The average Bonchev–Trinajstić information content (AvgIpc) is 3.06. The fraction of sp³-hybridized carbons (Fsp3) is 0.600. The molecule has 1 N–H and O–H groups in total. The number of methoxy groups -OCH3 is 1. The number of benzene rings is 1. The number of anilines is 1. The third-order valence-corrected chi connectivity index (χ3v) is 4.82. The summed E-state index contributed by atoms with van der Waals surface area (Å²) < 4.78 is 5.12. The van der Waals surface area contributed by atoms with Gasteiger partial charge in [-0.2, -0.15) is 0 Å². The molecule has 1 aromatic rings. The normalized spacial score (nSPS) is 27.7. The van der Waals surface area contributed by atoms with Crippen LogP contribution in [0.1, 0.15) is 13.3 Å². The molecule has 0 saturated carbocycles. The minimum Gasteiger partial charge on any atom is -0.496 e. The number of ether oxygens (including phenoxy) is 1. The highest BCUT2D eigenvalue weighted by atomic mass is 16.6. The van der Waals surface area contributed by atoms with Crippen LogP contribution in [-0.2, 0) is 0 Å². The van der Waals surface area contributed by atoms with E-state index >= 15 is 0 Å². The molecule has 1 aromatic carbocycles. The SMILES string of the molecule is CCC1C2CNCC2CN1c1ccc(OC)cc1[N+](=O)[O-]. The molecule has 2 fully saturated rings. The zero-order chi connectivity index (χ0) is 15.0. The Hall–Kier alpha value is -1.82. The Morgan fingerprint density at radius 3 is 2.95 bits per heavy atom. The fourth-order valence-electron chi connectivity index (χ4n) is 3.84. The van der Waals surface area contributed by atoms with Crippen LogP contribution < -0.4 is 15.0 Å². The van der Waals surface area contributed by atoms with Crippen LogP contribution in [0.15, 0.2) is 18.2 Å². The Labute approximate surface area is 124 Å². The number of hydrogen-bond donors (Lipinski definition) is 1. The predicted molar refractivity (Wildman–Crippen MR) is 80.9 cm³/mol. The largest absolute Gasteiger partial charge is 0.496 e. The van der Waals surface area contributed by atoms with Crippen molar-refractivity contribution >= 4 is 11.4 Å². The topological polar surface area (TPSA) is 67.6 Å². The van der Waals surface area contributed by atoms with Crippen LogP contribution >= 0.6 is 0 Å². The van der Waals surface area contributed by atoms with Crippen molar-refractivity contribution in [2.75, 3.05) is 31.6 Å². The minimum atomic E-state index is -0.309. The van der Waals surface area contributed by atoms with Crippen molar-refractivity contribution < 1.29 is 9.66 Å². The number of fused-ring (bicyclic) bond motifs is 1. The smallest absolute Gasteiger partial charge is 0.296 e. The molecular weight excluding hydrogens is 270 g/mol. The van der Waals surface area contributed by atoms with Crippen LogP contribution in [0.3, 0.4) is 0 Å². The van der Waals surface area contributed by atoms with Gasteiger partial charge in [-0.3, -0.25) is 10.1 Å². The van der Waals surface area contributed by atoms with Crippen molar-refractivity contribution in [1.82, 2.24) is 5.32 Å². The first-order chi connectivity index (χ1) is 10.2. The number of nitrogens with one attached hydrogen (secondary N) is 1. The average molecular weight is 291 g/mol. The van der Waals surface area contributed by atoms with Gasteiger partial charge in [-0.05, 0) is 30.4 Å². The van der Waals surface area contributed by atoms with Gasteiger partial charge < -0.3 is 15.0 Å². The van der Waals surface area contributed by atoms with Gasteiger partial charge in [0.2, 0.25) is 0 Å². The van der Waals surface area contributed by atoms with Gasteiger partial charge in [0.1, 0.15) is 11.4 Å². The summed E-state index contributed by atoms with van der Waals surface area (Å²) in [6.45, 7) is 5.09. The Morgan fingerprint density at radius 2 is 2.29 bits per heavy atom. The van der Waals surface area contributed by atoms with E-state index in [-0.39, 0.29) is 10.6 Å². The molecule has 3 unspecified atom stereocenters. The van der Waals surface area contributed by atoms with Gasteiger partial charge in [-0.15, -0.1) is 0 Å². The van der Waals surface area contributed by atoms with Gasteiger partial charge in [-0.25, -0.2) is 0 Å². The van der Waals surface area contributed by atoms with Crippen LogP contribution in [0.25, 0.3) is 0 Å². The Balaban J connectivity index is 1.98. The highest BCUT2D eigenvalue weighted by molar-refractivity contribution is 5.66. The maximum Gasteiger partial charge on any atom is 0.296 e. The standard InChI is InChI=1S/C15H21N3O3/c1-3-13-12-8-16-7-10(12)9-17(13)14-5-4-11(21-2)6-15(14)18(19)20/h4-6,10,12-13,16H,3,7-9H2,1-2H3. The number of rotatable bonds is 4. The highest BCUT2D eigenvalue weighted by Gasteiger charge is 2.44. The Kier molecular flexibility index (Phi) is 3.71. The van der Waals surface area contributed by atoms with E-state index in [0.29, 0.717) is 23.6 Å². The number of nitrogens with zero attached hydrogens (tertiary/aromatic N) is 2. The van der Waals surface area contributed by atoms with E-state index in [4.69, 9.17) is 4.74 Å². The molecule has 3 atom stereocenters. The summed E-state index contributed by atoms with van der Waals surface area (Å²) >= 11 is 0. The number of hydrogen-bond acceptors (Lipinski definition) is 5. The van der Waals surface area contributed by atoms with Crippen molar-refractivity contribution in [1.29, 1.82) is 0 Å². The number of nitro benzene ring substituents is 1. The van der Waals surface area contributed by atoms with E-state index in [0.717, 1.165) is 31.7 Å². The molecule has 0 aliphatic carbocycles. The molecule has 6 nitrogen and oxygen atoms in total. The first-order valence-corrected chi connectivity index (χ1v) is 7.45. The van der Waals surface area contributed by atoms with E-state index in [1.165, 1.54) is 13.2 Å². The van der Waals surface area contributed by atoms with Gasteiger partial charge in [0, 0.05) is 25.7 Å². The lowest BCUT2D eigenvalue weighted by Crippen LogP contribution is -2.35. The molecule has 6 heteroatoms. The summed E-state index contributed by atoms with van der Waals surface area (Å²) in [5.74, 6) is 1.72. The molecule has 0 spiro atoms. The Bertz CT molecular complexity index is 549. The molecular formula is C15H21N3O3. The molecule has 21 heavy (non-hydrogen) atoms. The highest BCUT2D eigenvalue weighted by Crippen LogP contribution is 2.41. The molecule has 2 heterocycles. The van der Waals surface area contributed by atoms with Crippen molar-refractivity contribution in [3.63, 3.8) is 0 Å². The van der Waals surface area contributed by atoms with Crippen molar-refractivity contribution in [2.24, 2.45) is 11.8 Å². The lowest BCUT2D eigenvalue weighted by molar-refractivity contribution is -0.384. The van der Waals surface area contributed by atoms with Gasteiger partial charge in [-0.1, -0.05) is 6.92 Å². The molecule has 0 amide bonds. The van der Waals surface area contributed by atoms with Crippen LogP contribution in [0, 0.1) is 22.0 Å². The first-order valence-electron chi connectivity index (χ1n) is 7.45. The second kappa shape index (κ2) is 5.52. The fourth-order valence-corrected chi connectivity index (χ4v) is 3.84. The quantitative estimate of drug-likeness (QED) is 0.679. The van der Waals surface area contributed by atoms with Crippen LogP contribution in [0.4, 0.5) is 11.4 Å². The van der Waals surface area contributed by atoms with Crippen LogP contribution in [0.2, 0.25) is 0 Å². The van der Waals surface area contributed by atoms with Crippen LogP contribution in [-0.4, -0.2) is 37.7 Å². The van der Waals surface area contributed by atoms with E-state index in [9.17, 15) is 10.1 Å². The van der Waals surface area contributed by atoms with Crippen molar-refractivity contribution in [3.8, 4) is 5.75 Å². The van der Waals surface area contributed by atoms with Gasteiger partial charge >= 0.3 is 0 Å². The van der Waals surface area contributed by atoms with E-state index in [1.54, 1.807) is 6.07 Å². The summed E-state index contributed by atoms with van der Waals surface area (Å²) in [7, 11) is 1.53. The van der Waals surface area contributed by atoms with E-state index in [2.05, 4.69) is 17.1 Å². The second-order valence-electron chi connectivity index (χ2n) is 5.82. The monoisotopic (exact) mass is 291 g/mol. The van der Waals surface area contributed by atoms with Crippen LogP contribution in [0.5, 0.6) is 5.75 Å². The maximum atomic E-state index is 11.4. The van der Waals surface area contributed by atoms with Gasteiger partial charge in [0.15, 0.2) is 0 Å². The third-order valence-electron chi connectivity index (χ3n) is 4.82. The summed E-state index contributed by atoms with van der Waals surface area (Å²) in [5, 5.41) is 14.8. The van der Waals surface area contributed by atoms with E-state index < -0.39 is 0 Å². The zero-order valence-corrected chi connectivity index (χ0v) is 12.4. The maximum absolute atomic E-state index is 11.4. The van der Waals surface area contributed by atoms with Crippen molar-refractivity contribution in [2.45, 2.75) is 19.4 Å². The lowest BCUT2D eigenvalue weighted by atomic mass is 9.93. The molecule has 0 radical (unpaired) electrons.